The first kappa shape index (κ1) is 12.3. The lowest BCUT2D eigenvalue weighted by molar-refractivity contribution is 0.103. The number of hydrogen-bond acceptors (Lipinski definition) is 2. The number of ketones is 1. The van der Waals surface area contributed by atoms with E-state index in [1.165, 1.54) is 6.07 Å². The lowest BCUT2D eigenvalue weighted by Crippen LogP contribution is -2.19. The third kappa shape index (κ3) is 2.25. The highest BCUT2D eigenvalue weighted by Gasteiger charge is 2.15. The maximum atomic E-state index is 12.3. The topological polar surface area (TPSA) is 49.9 Å². The van der Waals surface area contributed by atoms with Gasteiger partial charge in [0, 0.05) is 23.0 Å². The Kier molecular flexibility index (Phi) is 3.15. The minimum atomic E-state index is -0.228. The van der Waals surface area contributed by atoms with Crippen molar-refractivity contribution in [1.29, 1.82) is 0 Å². The van der Waals surface area contributed by atoms with Crippen molar-refractivity contribution in [3.63, 3.8) is 0 Å². The second-order valence-corrected chi connectivity index (χ2v) is 4.51. The predicted octanol–water partition coefficient (Wildman–Crippen LogP) is 2.53. The summed E-state index contributed by atoms with van der Waals surface area (Å²) in [5, 5.41) is 0. The van der Waals surface area contributed by atoms with Crippen LogP contribution in [0.3, 0.4) is 0 Å². The molecule has 92 valence electrons. The molecule has 1 aromatic carbocycles. The first-order valence-electron chi connectivity index (χ1n) is 5.81. The summed E-state index contributed by atoms with van der Waals surface area (Å²) in [7, 11) is 0. The Morgan fingerprint density at radius 3 is 2.22 bits per heavy atom. The molecule has 0 spiro atoms. The second-order valence-electron chi connectivity index (χ2n) is 4.51. The summed E-state index contributed by atoms with van der Waals surface area (Å²) in [6.07, 6.45) is 0. The number of hydrogen-bond donors (Lipinski definition) is 1. The molecule has 2 rings (SSSR count). The van der Waals surface area contributed by atoms with Crippen LogP contribution >= 0.6 is 0 Å². The molecule has 0 radical (unpaired) electrons. The van der Waals surface area contributed by atoms with E-state index in [-0.39, 0.29) is 16.8 Å². The molecule has 0 bridgehead atoms. The van der Waals surface area contributed by atoms with Gasteiger partial charge in [0.1, 0.15) is 0 Å². The van der Waals surface area contributed by atoms with Crippen LogP contribution in [0.15, 0.2) is 35.1 Å². The van der Waals surface area contributed by atoms with E-state index in [2.05, 4.69) is 4.98 Å². The van der Waals surface area contributed by atoms with Gasteiger partial charge in [0.2, 0.25) is 0 Å². The van der Waals surface area contributed by atoms with Crippen LogP contribution in [-0.4, -0.2) is 10.8 Å². The lowest BCUT2D eigenvalue weighted by atomic mass is 10.0. The van der Waals surface area contributed by atoms with Crippen LogP contribution in [0.25, 0.3) is 0 Å². The number of aromatic amines is 1. The van der Waals surface area contributed by atoms with Crippen molar-refractivity contribution in [2.45, 2.75) is 20.8 Å². The summed E-state index contributed by atoms with van der Waals surface area (Å²) in [6, 6.07) is 8.68. The number of aromatic nitrogens is 1. The smallest absolute Gasteiger partial charge is 0.198 e. The van der Waals surface area contributed by atoms with Crippen LogP contribution < -0.4 is 5.43 Å². The first-order chi connectivity index (χ1) is 8.49. The van der Waals surface area contributed by atoms with Gasteiger partial charge >= 0.3 is 0 Å². The fraction of sp³-hybridized carbons (Fsp3) is 0.200. The molecule has 2 aromatic rings. The van der Waals surface area contributed by atoms with Crippen molar-refractivity contribution in [3.8, 4) is 0 Å². The van der Waals surface area contributed by atoms with Gasteiger partial charge in [-0.1, -0.05) is 29.8 Å². The fourth-order valence-corrected chi connectivity index (χ4v) is 1.98. The molecule has 1 N–H and O–H groups in total. The Labute approximate surface area is 105 Å². The molecule has 0 saturated carbocycles. The van der Waals surface area contributed by atoms with Gasteiger partial charge in [-0.05, 0) is 20.8 Å². The highest BCUT2D eigenvalue weighted by Crippen LogP contribution is 2.10. The van der Waals surface area contributed by atoms with Gasteiger partial charge < -0.3 is 4.98 Å². The quantitative estimate of drug-likeness (QED) is 0.821. The number of carbonyl (C=O) groups is 1. The van der Waals surface area contributed by atoms with Crippen LogP contribution in [0, 0.1) is 20.8 Å². The van der Waals surface area contributed by atoms with E-state index in [1.807, 2.05) is 19.1 Å². The molecule has 1 heterocycles. The molecule has 0 saturated heterocycles. The highest BCUT2D eigenvalue weighted by atomic mass is 16.1. The van der Waals surface area contributed by atoms with Gasteiger partial charge in [-0.25, -0.2) is 0 Å². The molecule has 3 nitrogen and oxygen atoms in total. The van der Waals surface area contributed by atoms with Crippen molar-refractivity contribution in [2.75, 3.05) is 0 Å². The summed E-state index contributed by atoms with van der Waals surface area (Å²) >= 11 is 0. The predicted molar refractivity (Wildman–Crippen MR) is 71.1 cm³/mol. The summed E-state index contributed by atoms with van der Waals surface area (Å²) < 4.78 is 0. The van der Waals surface area contributed by atoms with Crippen molar-refractivity contribution in [2.24, 2.45) is 0 Å². The maximum Gasteiger partial charge on any atom is 0.198 e. The Hall–Kier alpha value is -2.16. The van der Waals surface area contributed by atoms with Gasteiger partial charge in [-0.2, -0.15) is 0 Å². The van der Waals surface area contributed by atoms with Crippen LogP contribution in [0.5, 0.6) is 0 Å². The number of pyridine rings is 1. The Balaban J connectivity index is 2.53. The Morgan fingerprint density at radius 1 is 1.06 bits per heavy atom. The third-order valence-corrected chi connectivity index (χ3v) is 2.89. The average molecular weight is 241 g/mol. The molecule has 1 aromatic heterocycles. The van der Waals surface area contributed by atoms with E-state index in [9.17, 15) is 9.59 Å². The van der Waals surface area contributed by atoms with Crippen molar-refractivity contribution in [3.05, 3.63) is 68.6 Å². The van der Waals surface area contributed by atoms with E-state index >= 15 is 0 Å². The van der Waals surface area contributed by atoms with Crippen molar-refractivity contribution in [1.82, 2.24) is 4.98 Å². The number of H-pyrrole nitrogens is 1. The van der Waals surface area contributed by atoms with E-state index in [0.29, 0.717) is 11.3 Å². The molecular weight excluding hydrogens is 226 g/mol. The zero-order valence-electron chi connectivity index (χ0n) is 10.7. The molecule has 0 aliphatic carbocycles. The van der Waals surface area contributed by atoms with Gasteiger partial charge in [0.25, 0.3) is 0 Å². The molecule has 0 fully saturated rings. The SMILES string of the molecule is Cc1ccc(C(=O)c2c(C)[nH]c(C)cc2=O)cc1. The normalized spacial score (nSPS) is 10.4. The Bertz CT molecular complexity index is 651. The van der Waals surface area contributed by atoms with Crippen LogP contribution in [-0.2, 0) is 0 Å². The number of nitrogens with one attached hydrogen (secondary N) is 1. The number of benzene rings is 1. The van der Waals surface area contributed by atoms with E-state index < -0.39 is 0 Å². The number of rotatable bonds is 2. The molecule has 18 heavy (non-hydrogen) atoms. The summed E-state index contributed by atoms with van der Waals surface area (Å²) in [4.78, 5) is 27.2. The van der Waals surface area contributed by atoms with E-state index in [4.69, 9.17) is 0 Å². The Morgan fingerprint density at radius 2 is 1.67 bits per heavy atom. The van der Waals surface area contributed by atoms with Gasteiger partial charge in [-0.15, -0.1) is 0 Å². The molecule has 0 atom stereocenters. The maximum absolute atomic E-state index is 12.3. The average Bonchev–Trinajstić information content (AvgIpc) is 2.28. The van der Waals surface area contributed by atoms with Gasteiger partial charge in [0.15, 0.2) is 11.2 Å². The summed E-state index contributed by atoms with van der Waals surface area (Å²) in [5.41, 5.74) is 3.00. The monoisotopic (exact) mass is 241 g/mol. The summed E-state index contributed by atoms with van der Waals surface area (Å²) in [6.45, 7) is 5.50. The third-order valence-electron chi connectivity index (χ3n) is 2.89. The summed E-state index contributed by atoms with van der Waals surface area (Å²) in [5.74, 6) is -0.228. The van der Waals surface area contributed by atoms with E-state index in [1.54, 1.807) is 26.0 Å². The minimum absolute atomic E-state index is 0.226. The van der Waals surface area contributed by atoms with E-state index in [0.717, 1.165) is 11.3 Å². The van der Waals surface area contributed by atoms with Gasteiger partial charge in [0.05, 0.1) is 5.56 Å². The molecule has 0 aliphatic heterocycles. The molecule has 0 amide bonds. The highest BCUT2D eigenvalue weighted by molar-refractivity contribution is 6.09. The van der Waals surface area contributed by atoms with Crippen LogP contribution in [0.4, 0.5) is 0 Å². The molecule has 0 unspecified atom stereocenters. The molecule has 3 heteroatoms. The fourth-order valence-electron chi connectivity index (χ4n) is 1.98. The second kappa shape index (κ2) is 4.61. The van der Waals surface area contributed by atoms with Crippen molar-refractivity contribution >= 4 is 5.78 Å². The first-order valence-corrected chi connectivity index (χ1v) is 5.81. The zero-order chi connectivity index (χ0) is 13.3. The van der Waals surface area contributed by atoms with Gasteiger partial charge in [-0.3, -0.25) is 9.59 Å². The van der Waals surface area contributed by atoms with Crippen LogP contribution in [0.1, 0.15) is 32.9 Å². The minimum Gasteiger partial charge on any atom is -0.362 e. The number of carbonyl (C=O) groups excluding carboxylic acids is 1. The molecular formula is C15H15NO2. The largest absolute Gasteiger partial charge is 0.362 e. The molecule has 0 aliphatic rings. The lowest BCUT2D eigenvalue weighted by Gasteiger charge is -2.06. The standard InChI is InChI=1S/C15H15NO2/c1-9-4-6-12(7-5-9)15(18)14-11(3)16-10(2)8-13(14)17/h4-8H,1-3H3,(H,16,17). The number of aryl methyl sites for hydroxylation is 3. The zero-order valence-corrected chi connectivity index (χ0v) is 10.7. The van der Waals surface area contributed by atoms with Crippen LogP contribution in [0.2, 0.25) is 0 Å². The van der Waals surface area contributed by atoms with Crippen molar-refractivity contribution < 1.29 is 4.79 Å².